The third kappa shape index (κ3) is 6.21. The van der Waals surface area contributed by atoms with Crippen LogP contribution >= 0.6 is 0 Å². The highest BCUT2D eigenvalue weighted by molar-refractivity contribution is 5.94. The summed E-state index contributed by atoms with van der Waals surface area (Å²) in [5, 5.41) is 2.58. The van der Waals surface area contributed by atoms with Crippen molar-refractivity contribution in [3.8, 4) is 5.75 Å². The first-order valence-corrected chi connectivity index (χ1v) is 9.96. The Morgan fingerprint density at radius 2 is 1.53 bits per heavy atom. The van der Waals surface area contributed by atoms with Crippen LogP contribution in [-0.2, 0) is 17.8 Å². The van der Waals surface area contributed by atoms with Gasteiger partial charge in [-0.05, 0) is 35.7 Å². The van der Waals surface area contributed by atoms with Crippen LogP contribution in [0.25, 0.3) is 0 Å². The summed E-state index contributed by atoms with van der Waals surface area (Å²) in [6.45, 7) is 1.03. The molecule has 2 amide bonds. The van der Waals surface area contributed by atoms with Gasteiger partial charge in [-0.3, -0.25) is 9.59 Å². The van der Waals surface area contributed by atoms with Gasteiger partial charge in [0.15, 0.2) is 6.61 Å². The summed E-state index contributed by atoms with van der Waals surface area (Å²) < 4.78 is 5.70. The number of ether oxygens (including phenoxy) is 1. The van der Waals surface area contributed by atoms with Crippen molar-refractivity contribution in [3.63, 3.8) is 0 Å². The second kappa shape index (κ2) is 10.8. The molecule has 0 heterocycles. The van der Waals surface area contributed by atoms with Crippen LogP contribution in [0.3, 0.4) is 0 Å². The first-order valence-electron chi connectivity index (χ1n) is 9.96. The molecule has 0 aliphatic carbocycles. The molecule has 0 aromatic heterocycles. The van der Waals surface area contributed by atoms with Gasteiger partial charge in [-0.15, -0.1) is 0 Å². The lowest BCUT2D eigenvalue weighted by Crippen LogP contribution is -2.36. The highest BCUT2D eigenvalue weighted by atomic mass is 16.5. The highest BCUT2D eigenvalue weighted by Crippen LogP contribution is 2.14. The largest absolute Gasteiger partial charge is 0.484 e. The molecule has 0 atom stereocenters. The third-order valence-electron chi connectivity index (χ3n) is 4.77. The normalized spacial score (nSPS) is 10.3. The Labute approximate surface area is 177 Å². The van der Waals surface area contributed by atoms with Crippen LogP contribution in [0.1, 0.15) is 21.5 Å². The SMILES string of the molecule is CNC(=O)c1cccc(OCC(=O)N(CCc2ccccc2)Cc2ccccc2)c1. The molecule has 1 N–H and O–H groups in total. The van der Waals surface area contributed by atoms with Crippen molar-refractivity contribution in [1.82, 2.24) is 10.2 Å². The molecule has 154 valence electrons. The van der Waals surface area contributed by atoms with Gasteiger partial charge in [0.05, 0.1) is 0 Å². The fourth-order valence-electron chi connectivity index (χ4n) is 3.11. The summed E-state index contributed by atoms with van der Waals surface area (Å²) in [5.41, 5.74) is 2.75. The molecule has 3 rings (SSSR count). The van der Waals surface area contributed by atoms with Gasteiger partial charge in [0.25, 0.3) is 11.8 Å². The fraction of sp³-hybridized carbons (Fsp3) is 0.200. The monoisotopic (exact) mass is 402 g/mol. The Morgan fingerprint density at radius 1 is 0.867 bits per heavy atom. The van der Waals surface area contributed by atoms with Crippen molar-refractivity contribution in [1.29, 1.82) is 0 Å². The second-order valence-electron chi connectivity index (χ2n) is 6.93. The van der Waals surface area contributed by atoms with E-state index in [4.69, 9.17) is 4.74 Å². The van der Waals surface area contributed by atoms with E-state index >= 15 is 0 Å². The van der Waals surface area contributed by atoms with Gasteiger partial charge in [0.1, 0.15) is 5.75 Å². The summed E-state index contributed by atoms with van der Waals surface area (Å²) >= 11 is 0. The Hall–Kier alpha value is -3.60. The zero-order valence-corrected chi connectivity index (χ0v) is 17.1. The maximum absolute atomic E-state index is 12.9. The predicted octanol–water partition coefficient (Wildman–Crippen LogP) is 3.70. The number of rotatable bonds is 9. The molecule has 0 aliphatic heterocycles. The minimum atomic E-state index is -0.194. The Kier molecular flexibility index (Phi) is 7.61. The Balaban J connectivity index is 1.65. The minimum absolute atomic E-state index is 0.0845. The van der Waals surface area contributed by atoms with Gasteiger partial charge < -0.3 is 15.0 Å². The molecular weight excluding hydrogens is 376 g/mol. The van der Waals surface area contributed by atoms with E-state index in [1.165, 1.54) is 5.56 Å². The number of carbonyl (C=O) groups is 2. The highest BCUT2D eigenvalue weighted by Gasteiger charge is 2.15. The van der Waals surface area contributed by atoms with E-state index in [2.05, 4.69) is 17.4 Å². The lowest BCUT2D eigenvalue weighted by molar-refractivity contribution is -0.134. The van der Waals surface area contributed by atoms with Crippen molar-refractivity contribution < 1.29 is 14.3 Å². The molecule has 0 radical (unpaired) electrons. The zero-order chi connectivity index (χ0) is 21.2. The van der Waals surface area contributed by atoms with Crippen LogP contribution in [-0.4, -0.2) is 36.9 Å². The van der Waals surface area contributed by atoms with Crippen molar-refractivity contribution in [2.75, 3.05) is 20.2 Å². The average molecular weight is 402 g/mol. The van der Waals surface area contributed by atoms with E-state index in [1.807, 2.05) is 53.4 Å². The maximum atomic E-state index is 12.9. The summed E-state index contributed by atoms with van der Waals surface area (Å²) in [7, 11) is 1.58. The van der Waals surface area contributed by atoms with Crippen LogP contribution in [0.4, 0.5) is 0 Å². The number of nitrogens with zero attached hydrogens (tertiary/aromatic N) is 1. The van der Waals surface area contributed by atoms with Crippen LogP contribution in [0.15, 0.2) is 84.9 Å². The lowest BCUT2D eigenvalue weighted by Gasteiger charge is -2.23. The number of carbonyl (C=O) groups excluding carboxylic acids is 2. The van der Waals surface area contributed by atoms with E-state index in [-0.39, 0.29) is 18.4 Å². The van der Waals surface area contributed by atoms with Gasteiger partial charge in [-0.2, -0.15) is 0 Å². The number of nitrogens with one attached hydrogen (secondary N) is 1. The van der Waals surface area contributed by atoms with Crippen LogP contribution in [0, 0.1) is 0 Å². The van der Waals surface area contributed by atoms with Gasteiger partial charge in [0.2, 0.25) is 0 Å². The fourth-order valence-corrected chi connectivity index (χ4v) is 3.11. The maximum Gasteiger partial charge on any atom is 0.260 e. The van der Waals surface area contributed by atoms with Crippen molar-refractivity contribution in [3.05, 3.63) is 102 Å². The number of hydrogen-bond donors (Lipinski definition) is 1. The average Bonchev–Trinajstić information content (AvgIpc) is 2.81. The molecular formula is C25H26N2O3. The predicted molar refractivity (Wildman–Crippen MR) is 117 cm³/mol. The first kappa shape index (κ1) is 21.1. The molecule has 0 bridgehead atoms. The van der Waals surface area contributed by atoms with Crippen molar-refractivity contribution >= 4 is 11.8 Å². The molecule has 3 aromatic carbocycles. The van der Waals surface area contributed by atoms with E-state index in [0.29, 0.717) is 24.4 Å². The molecule has 0 fully saturated rings. The zero-order valence-electron chi connectivity index (χ0n) is 17.1. The smallest absolute Gasteiger partial charge is 0.260 e. The van der Waals surface area contributed by atoms with E-state index in [1.54, 1.807) is 31.3 Å². The molecule has 5 heteroatoms. The van der Waals surface area contributed by atoms with E-state index in [0.717, 1.165) is 12.0 Å². The number of benzene rings is 3. The summed E-state index contributed by atoms with van der Waals surface area (Å²) in [4.78, 5) is 26.5. The summed E-state index contributed by atoms with van der Waals surface area (Å²) in [6, 6.07) is 26.8. The Morgan fingerprint density at radius 3 is 2.20 bits per heavy atom. The molecule has 0 saturated carbocycles. The topological polar surface area (TPSA) is 58.6 Å². The molecule has 5 nitrogen and oxygen atoms in total. The summed E-state index contributed by atoms with van der Waals surface area (Å²) in [6.07, 6.45) is 0.769. The van der Waals surface area contributed by atoms with E-state index in [9.17, 15) is 9.59 Å². The molecule has 0 saturated heterocycles. The standard InChI is InChI=1S/C25H26N2O3/c1-26-25(29)22-13-8-14-23(17-22)30-19-24(28)27(18-21-11-6-3-7-12-21)16-15-20-9-4-2-5-10-20/h2-14,17H,15-16,18-19H2,1H3,(H,26,29). The molecule has 30 heavy (non-hydrogen) atoms. The van der Waals surface area contributed by atoms with Gasteiger partial charge in [0, 0.05) is 25.7 Å². The first-order chi connectivity index (χ1) is 14.7. The van der Waals surface area contributed by atoms with Crippen LogP contribution in [0.2, 0.25) is 0 Å². The van der Waals surface area contributed by atoms with Gasteiger partial charge >= 0.3 is 0 Å². The molecule has 0 unspecified atom stereocenters. The van der Waals surface area contributed by atoms with Crippen LogP contribution in [0.5, 0.6) is 5.75 Å². The Bertz CT molecular complexity index is 958. The lowest BCUT2D eigenvalue weighted by atomic mass is 10.1. The van der Waals surface area contributed by atoms with Gasteiger partial charge in [-0.1, -0.05) is 66.7 Å². The molecule has 0 aliphatic rings. The summed E-state index contributed by atoms with van der Waals surface area (Å²) in [5.74, 6) is 0.202. The second-order valence-corrected chi connectivity index (χ2v) is 6.93. The van der Waals surface area contributed by atoms with Crippen molar-refractivity contribution in [2.45, 2.75) is 13.0 Å². The van der Waals surface area contributed by atoms with Crippen molar-refractivity contribution in [2.24, 2.45) is 0 Å². The third-order valence-corrected chi connectivity index (χ3v) is 4.77. The quantitative estimate of drug-likeness (QED) is 0.594. The minimum Gasteiger partial charge on any atom is -0.484 e. The number of hydrogen-bond acceptors (Lipinski definition) is 3. The van der Waals surface area contributed by atoms with Crippen LogP contribution < -0.4 is 10.1 Å². The van der Waals surface area contributed by atoms with Gasteiger partial charge in [-0.25, -0.2) is 0 Å². The molecule has 0 spiro atoms. The number of amides is 2. The molecule has 3 aromatic rings. The van der Waals surface area contributed by atoms with E-state index < -0.39 is 0 Å².